The average molecular weight is 306 g/mol. The minimum Gasteiger partial charge on any atom is -0.496 e. The molecular formula is C17H20ClNO2. The Morgan fingerprint density at radius 3 is 2.57 bits per heavy atom. The first-order valence-corrected chi connectivity index (χ1v) is 7.20. The van der Waals surface area contributed by atoms with Crippen LogP contribution in [-0.2, 0) is 24.4 Å². The first-order chi connectivity index (χ1) is 10.2. The van der Waals surface area contributed by atoms with E-state index in [1.807, 2.05) is 24.3 Å². The van der Waals surface area contributed by atoms with Gasteiger partial charge in [0.05, 0.1) is 13.7 Å². The Bertz CT molecular complexity index is 587. The molecule has 21 heavy (non-hydrogen) atoms. The smallest absolute Gasteiger partial charge is 0.123 e. The Labute approximate surface area is 130 Å². The molecule has 0 spiro atoms. The maximum Gasteiger partial charge on any atom is 0.123 e. The first-order valence-electron chi connectivity index (χ1n) is 6.83. The molecule has 0 radical (unpaired) electrons. The quantitative estimate of drug-likeness (QED) is 0.844. The summed E-state index contributed by atoms with van der Waals surface area (Å²) in [5, 5.41) is 4.13. The Hall–Kier alpha value is -1.55. The fourth-order valence-corrected chi connectivity index (χ4v) is 2.42. The molecule has 112 valence electrons. The summed E-state index contributed by atoms with van der Waals surface area (Å²) >= 11 is 6.03. The van der Waals surface area contributed by atoms with Crippen LogP contribution in [0.5, 0.6) is 5.75 Å². The second-order valence-electron chi connectivity index (χ2n) is 4.81. The van der Waals surface area contributed by atoms with Crippen LogP contribution < -0.4 is 10.1 Å². The third-order valence-corrected chi connectivity index (χ3v) is 3.42. The van der Waals surface area contributed by atoms with Crippen molar-refractivity contribution in [1.29, 1.82) is 0 Å². The number of rotatable bonds is 7. The van der Waals surface area contributed by atoms with Gasteiger partial charge in [-0.2, -0.15) is 0 Å². The minimum atomic E-state index is 0.635. The van der Waals surface area contributed by atoms with E-state index in [0.717, 1.165) is 22.9 Å². The van der Waals surface area contributed by atoms with E-state index in [1.165, 1.54) is 11.1 Å². The largest absolute Gasteiger partial charge is 0.496 e. The Morgan fingerprint density at radius 2 is 1.81 bits per heavy atom. The molecule has 2 aromatic rings. The van der Waals surface area contributed by atoms with Gasteiger partial charge in [0, 0.05) is 30.8 Å². The predicted molar refractivity (Wildman–Crippen MR) is 85.7 cm³/mol. The molecule has 0 heterocycles. The number of hydrogen-bond acceptors (Lipinski definition) is 3. The lowest BCUT2D eigenvalue weighted by Crippen LogP contribution is -2.13. The first kappa shape index (κ1) is 15.8. The summed E-state index contributed by atoms with van der Waals surface area (Å²) < 4.78 is 10.5. The molecule has 0 unspecified atom stereocenters. The minimum absolute atomic E-state index is 0.635. The fourth-order valence-electron chi connectivity index (χ4n) is 2.22. The van der Waals surface area contributed by atoms with Gasteiger partial charge < -0.3 is 14.8 Å². The molecule has 0 saturated carbocycles. The van der Waals surface area contributed by atoms with Crippen LogP contribution in [0.4, 0.5) is 0 Å². The van der Waals surface area contributed by atoms with Gasteiger partial charge in [-0.25, -0.2) is 0 Å². The van der Waals surface area contributed by atoms with Gasteiger partial charge in [-0.15, -0.1) is 0 Å². The molecule has 0 saturated heterocycles. The molecule has 0 atom stereocenters. The maximum atomic E-state index is 6.03. The lowest BCUT2D eigenvalue weighted by molar-refractivity contribution is 0.185. The maximum absolute atomic E-state index is 6.03. The second-order valence-corrected chi connectivity index (χ2v) is 5.25. The molecule has 0 aliphatic heterocycles. The lowest BCUT2D eigenvalue weighted by atomic mass is 10.1. The van der Waals surface area contributed by atoms with E-state index < -0.39 is 0 Å². The van der Waals surface area contributed by atoms with Gasteiger partial charge in [0.25, 0.3) is 0 Å². The summed E-state index contributed by atoms with van der Waals surface area (Å²) in [4.78, 5) is 0. The zero-order valence-electron chi connectivity index (χ0n) is 12.4. The Kier molecular flexibility index (Phi) is 6.05. The van der Waals surface area contributed by atoms with Crippen molar-refractivity contribution in [3.8, 4) is 5.75 Å². The highest BCUT2D eigenvalue weighted by atomic mass is 35.5. The summed E-state index contributed by atoms with van der Waals surface area (Å²) in [6.45, 7) is 2.13. The Morgan fingerprint density at radius 1 is 1.00 bits per heavy atom. The number of halogens is 1. The molecule has 1 N–H and O–H groups in total. The fraction of sp³-hybridized carbons (Fsp3) is 0.294. The molecule has 4 heteroatoms. The summed E-state index contributed by atoms with van der Waals surface area (Å²) in [6.07, 6.45) is 0. The van der Waals surface area contributed by atoms with Crippen LogP contribution in [0.15, 0.2) is 42.5 Å². The molecule has 0 aliphatic carbocycles. The summed E-state index contributed by atoms with van der Waals surface area (Å²) in [7, 11) is 3.37. The van der Waals surface area contributed by atoms with Crippen molar-refractivity contribution in [2.45, 2.75) is 19.7 Å². The number of nitrogens with one attached hydrogen (secondary N) is 1. The van der Waals surface area contributed by atoms with Crippen molar-refractivity contribution in [3.05, 3.63) is 64.2 Å². The lowest BCUT2D eigenvalue weighted by Gasteiger charge is -2.11. The number of methoxy groups -OCH3 is 2. The van der Waals surface area contributed by atoms with E-state index in [4.69, 9.17) is 21.1 Å². The van der Waals surface area contributed by atoms with Crippen molar-refractivity contribution in [2.24, 2.45) is 0 Å². The number of hydrogen-bond donors (Lipinski definition) is 1. The summed E-state index contributed by atoms with van der Waals surface area (Å²) in [6, 6.07) is 14.0. The summed E-state index contributed by atoms with van der Waals surface area (Å²) in [5.41, 5.74) is 3.46. The molecule has 0 aromatic heterocycles. The van der Waals surface area contributed by atoms with Gasteiger partial charge in [-0.1, -0.05) is 35.9 Å². The molecule has 0 fully saturated rings. The molecule has 2 rings (SSSR count). The van der Waals surface area contributed by atoms with Crippen molar-refractivity contribution in [2.75, 3.05) is 14.2 Å². The Balaban J connectivity index is 1.95. The zero-order chi connectivity index (χ0) is 15.1. The van der Waals surface area contributed by atoms with Crippen molar-refractivity contribution >= 4 is 11.6 Å². The van der Waals surface area contributed by atoms with Crippen LogP contribution in [0.1, 0.15) is 16.7 Å². The van der Waals surface area contributed by atoms with Crippen molar-refractivity contribution in [1.82, 2.24) is 5.32 Å². The van der Waals surface area contributed by atoms with E-state index in [9.17, 15) is 0 Å². The third-order valence-electron chi connectivity index (χ3n) is 3.19. The van der Waals surface area contributed by atoms with Gasteiger partial charge >= 0.3 is 0 Å². The van der Waals surface area contributed by atoms with Gasteiger partial charge in [-0.3, -0.25) is 0 Å². The van der Waals surface area contributed by atoms with Gasteiger partial charge in [0.2, 0.25) is 0 Å². The molecular weight excluding hydrogens is 286 g/mol. The molecule has 0 amide bonds. The van der Waals surface area contributed by atoms with Crippen LogP contribution >= 0.6 is 11.6 Å². The van der Waals surface area contributed by atoms with Crippen LogP contribution in [0.2, 0.25) is 5.02 Å². The van der Waals surface area contributed by atoms with Crippen LogP contribution in [0, 0.1) is 0 Å². The second kappa shape index (κ2) is 8.03. The van der Waals surface area contributed by atoms with E-state index in [-0.39, 0.29) is 0 Å². The van der Waals surface area contributed by atoms with E-state index >= 15 is 0 Å². The third kappa shape index (κ3) is 4.74. The molecule has 0 aliphatic rings. The van der Waals surface area contributed by atoms with E-state index in [1.54, 1.807) is 14.2 Å². The zero-order valence-corrected chi connectivity index (χ0v) is 13.1. The predicted octanol–water partition coefficient (Wildman–Crippen LogP) is 3.78. The normalized spacial score (nSPS) is 10.6. The highest BCUT2D eigenvalue weighted by Gasteiger charge is 2.04. The van der Waals surface area contributed by atoms with Crippen LogP contribution in [-0.4, -0.2) is 14.2 Å². The van der Waals surface area contributed by atoms with Crippen LogP contribution in [0.3, 0.4) is 0 Å². The summed E-state index contributed by atoms with van der Waals surface area (Å²) in [5.74, 6) is 0.847. The monoisotopic (exact) mass is 305 g/mol. The SMILES string of the molecule is COCc1cccc(CNCc2cc(Cl)ccc2OC)c1. The van der Waals surface area contributed by atoms with Gasteiger partial charge in [0.1, 0.15) is 5.75 Å². The highest BCUT2D eigenvalue weighted by Crippen LogP contribution is 2.22. The molecule has 3 nitrogen and oxygen atoms in total. The van der Waals surface area contributed by atoms with Crippen molar-refractivity contribution < 1.29 is 9.47 Å². The van der Waals surface area contributed by atoms with E-state index in [0.29, 0.717) is 13.2 Å². The average Bonchev–Trinajstić information content (AvgIpc) is 2.48. The molecule has 0 bridgehead atoms. The number of benzene rings is 2. The van der Waals surface area contributed by atoms with Gasteiger partial charge in [0.15, 0.2) is 0 Å². The van der Waals surface area contributed by atoms with Gasteiger partial charge in [-0.05, 0) is 29.3 Å². The standard InChI is InChI=1S/C17H20ClNO2/c1-20-12-14-5-3-4-13(8-14)10-19-11-15-9-16(18)6-7-17(15)21-2/h3-9,19H,10-12H2,1-2H3. The molecule has 2 aromatic carbocycles. The topological polar surface area (TPSA) is 30.5 Å². The highest BCUT2D eigenvalue weighted by molar-refractivity contribution is 6.30. The number of ether oxygens (including phenoxy) is 2. The van der Waals surface area contributed by atoms with Crippen molar-refractivity contribution in [3.63, 3.8) is 0 Å². The van der Waals surface area contributed by atoms with Crippen LogP contribution in [0.25, 0.3) is 0 Å². The van der Waals surface area contributed by atoms with E-state index in [2.05, 4.69) is 23.5 Å².